The van der Waals surface area contributed by atoms with Crippen molar-refractivity contribution in [2.75, 3.05) is 19.6 Å². The lowest BCUT2D eigenvalue weighted by Gasteiger charge is -2.29. The first-order valence-corrected chi connectivity index (χ1v) is 6.62. The van der Waals surface area contributed by atoms with E-state index in [4.69, 9.17) is 5.26 Å². The van der Waals surface area contributed by atoms with E-state index in [9.17, 15) is 8.42 Å². The molecule has 0 saturated carbocycles. The Hall–Kier alpha value is -0.640. The lowest BCUT2D eigenvalue weighted by Crippen LogP contribution is -2.44. The number of piperidine rings is 1. The summed E-state index contributed by atoms with van der Waals surface area (Å²) in [5.41, 5.74) is 0. The predicted molar refractivity (Wildman–Crippen MR) is 57.1 cm³/mol. The fourth-order valence-electron chi connectivity index (χ4n) is 1.55. The number of nitrogens with zero attached hydrogens (tertiary/aromatic N) is 2. The second kappa shape index (κ2) is 5.45. The molecule has 6 heteroatoms. The van der Waals surface area contributed by atoms with Crippen molar-refractivity contribution in [2.24, 2.45) is 5.92 Å². The summed E-state index contributed by atoms with van der Waals surface area (Å²) < 4.78 is 27.2. The molecule has 1 saturated heterocycles. The number of rotatable bonds is 4. The third-order valence-corrected chi connectivity index (χ3v) is 4.22. The Morgan fingerprint density at radius 3 is 2.60 bits per heavy atom. The summed E-state index contributed by atoms with van der Waals surface area (Å²) in [5, 5.41) is 8.31. The molecule has 1 N–H and O–H groups in total. The van der Waals surface area contributed by atoms with Crippen LogP contribution in [-0.2, 0) is 10.2 Å². The van der Waals surface area contributed by atoms with E-state index in [1.807, 2.05) is 6.07 Å². The summed E-state index contributed by atoms with van der Waals surface area (Å²) in [6, 6.07) is 1.90. The van der Waals surface area contributed by atoms with Gasteiger partial charge in [-0.2, -0.15) is 18.0 Å². The van der Waals surface area contributed by atoms with Gasteiger partial charge < -0.3 is 0 Å². The third kappa shape index (κ3) is 3.78. The van der Waals surface area contributed by atoms with Crippen LogP contribution in [0.15, 0.2) is 0 Å². The lowest BCUT2D eigenvalue weighted by atomic mass is 10.0. The highest BCUT2D eigenvalue weighted by Crippen LogP contribution is 2.17. The zero-order valence-corrected chi connectivity index (χ0v) is 9.76. The Balaban J connectivity index is 2.44. The van der Waals surface area contributed by atoms with E-state index in [1.165, 1.54) is 4.31 Å². The smallest absolute Gasteiger partial charge is 0.201 e. The highest BCUT2D eigenvalue weighted by atomic mass is 32.2. The van der Waals surface area contributed by atoms with Crippen molar-refractivity contribution < 1.29 is 8.42 Å². The van der Waals surface area contributed by atoms with Crippen LogP contribution in [0.5, 0.6) is 0 Å². The standard InChI is InChI=1S/C9H17N3O2S/c1-9-3-7-12(8-4-9)15(13,14)11-6-2-5-10/h9,11H,2-4,6-8H2,1H3. The van der Waals surface area contributed by atoms with Crippen molar-refractivity contribution >= 4 is 10.2 Å². The van der Waals surface area contributed by atoms with Gasteiger partial charge in [0.15, 0.2) is 0 Å². The van der Waals surface area contributed by atoms with Crippen LogP contribution in [0, 0.1) is 17.2 Å². The highest BCUT2D eigenvalue weighted by Gasteiger charge is 2.25. The van der Waals surface area contributed by atoms with Gasteiger partial charge in [0, 0.05) is 26.1 Å². The number of nitriles is 1. The van der Waals surface area contributed by atoms with Crippen molar-refractivity contribution in [1.29, 1.82) is 5.26 Å². The van der Waals surface area contributed by atoms with Crippen molar-refractivity contribution in [2.45, 2.75) is 26.2 Å². The second-order valence-corrected chi connectivity index (χ2v) is 5.64. The van der Waals surface area contributed by atoms with Crippen molar-refractivity contribution in [3.05, 3.63) is 0 Å². The topological polar surface area (TPSA) is 73.2 Å². The van der Waals surface area contributed by atoms with Gasteiger partial charge in [-0.1, -0.05) is 6.92 Å². The van der Waals surface area contributed by atoms with E-state index < -0.39 is 10.2 Å². The van der Waals surface area contributed by atoms with Crippen LogP contribution in [0.4, 0.5) is 0 Å². The van der Waals surface area contributed by atoms with Crippen LogP contribution in [0.25, 0.3) is 0 Å². The fraction of sp³-hybridized carbons (Fsp3) is 0.889. The molecule has 86 valence electrons. The maximum Gasteiger partial charge on any atom is 0.279 e. The van der Waals surface area contributed by atoms with E-state index >= 15 is 0 Å². The molecule has 0 aliphatic carbocycles. The number of nitrogens with one attached hydrogen (secondary N) is 1. The van der Waals surface area contributed by atoms with Crippen LogP contribution in [0.2, 0.25) is 0 Å². The average Bonchev–Trinajstić information content (AvgIpc) is 2.18. The normalized spacial score (nSPS) is 20.0. The Morgan fingerprint density at radius 2 is 2.07 bits per heavy atom. The molecule has 0 aromatic carbocycles. The lowest BCUT2D eigenvalue weighted by molar-refractivity contribution is 0.285. The van der Waals surface area contributed by atoms with Crippen molar-refractivity contribution in [3.8, 4) is 6.07 Å². The first kappa shape index (κ1) is 12.4. The molecule has 0 unspecified atom stereocenters. The van der Waals surface area contributed by atoms with Gasteiger partial charge in [0.25, 0.3) is 10.2 Å². The quantitative estimate of drug-likeness (QED) is 0.715. The molecule has 0 radical (unpaired) electrons. The molecule has 0 spiro atoms. The van der Waals surface area contributed by atoms with Gasteiger partial charge in [0.2, 0.25) is 0 Å². The first-order valence-electron chi connectivity index (χ1n) is 5.18. The van der Waals surface area contributed by atoms with Crippen LogP contribution in [-0.4, -0.2) is 32.4 Å². The molecule has 0 amide bonds. The number of hydrogen-bond acceptors (Lipinski definition) is 3. The van der Waals surface area contributed by atoms with Gasteiger partial charge in [-0.15, -0.1) is 0 Å². The number of hydrogen-bond donors (Lipinski definition) is 1. The summed E-state index contributed by atoms with van der Waals surface area (Å²) in [7, 11) is -3.35. The van der Waals surface area contributed by atoms with E-state index in [-0.39, 0.29) is 13.0 Å². The molecular formula is C9H17N3O2S. The highest BCUT2D eigenvalue weighted by molar-refractivity contribution is 7.87. The van der Waals surface area contributed by atoms with Gasteiger partial charge in [-0.3, -0.25) is 0 Å². The minimum Gasteiger partial charge on any atom is -0.201 e. The molecule has 0 bridgehead atoms. The van der Waals surface area contributed by atoms with Gasteiger partial charge in [-0.25, -0.2) is 4.72 Å². The Kier molecular flexibility index (Phi) is 4.51. The summed E-state index contributed by atoms with van der Waals surface area (Å²) in [6.45, 7) is 3.50. The van der Waals surface area contributed by atoms with Gasteiger partial charge in [0.05, 0.1) is 6.07 Å². The summed E-state index contributed by atoms with van der Waals surface area (Å²) in [6.07, 6.45) is 2.04. The average molecular weight is 231 g/mol. The Bertz CT molecular complexity index is 326. The summed E-state index contributed by atoms with van der Waals surface area (Å²) >= 11 is 0. The van der Waals surface area contributed by atoms with Crippen LogP contribution in [0.3, 0.4) is 0 Å². The molecule has 0 aromatic heterocycles. The van der Waals surface area contributed by atoms with E-state index in [0.717, 1.165) is 12.8 Å². The second-order valence-electron chi connectivity index (χ2n) is 3.89. The van der Waals surface area contributed by atoms with Crippen molar-refractivity contribution in [1.82, 2.24) is 9.03 Å². The predicted octanol–water partition coefficient (Wildman–Crippen LogP) is 0.466. The SMILES string of the molecule is CC1CCN(S(=O)(=O)NCCC#N)CC1. The minimum absolute atomic E-state index is 0.199. The van der Waals surface area contributed by atoms with Crippen LogP contribution < -0.4 is 4.72 Å². The van der Waals surface area contributed by atoms with Crippen LogP contribution in [0.1, 0.15) is 26.2 Å². The minimum atomic E-state index is -3.35. The van der Waals surface area contributed by atoms with Gasteiger partial charge >= 0.3 is 0 Å². The first-order chi connectivity index (χ1) is 7.06. The molecule has 1 fully saturated rings. The summed E-state index contributed by atoms with van der Waals surface area (Å²) in [4.78, 5) is 0. The van der Waals surface area contributed by atoms with Gasteiger partial charge in [0.1, 0.15) is 0 Å². The summed E-state index contributed by atoms with van der Waals surface area (Å²) in [5.74, 6) is 0.607. The monoisotopic (exact) mass is 231 g/mol. The Morgan fingerprint density at radius 1 is 1.47 bits per heavy atom. The van der Waals surface area contributed by atoms with Gasteiger partial charge in [-0.05, 0) is 18.8 Å². The molecule has 1 aliphatic rings. The molecule has 5 nitrogen and oxygen atoms in total. The van der Waals surface area contributed by atoms with E-state index in [0.29, 0.717) is 19.0 Å². The Labute approximate surface area is 91.3 Å². The molecule has 1 rings (SSSR count). The molecule has 0 aromatic rings. The zero-order valence-electron chi connectivity index (χ0n) is 8.94. The molecule has 1 heterocycles. The molecule has 1 aliphatic heterocycles. The molecular weight excluding hydrogens is 214 g/mol. The maximum atomic E-state index is 11.7. The van der Waals surface area contributed by atoms with E-state index in [1.54, 1.807) is 0 Å². The maximum absolute atomic E-state index is 11.7. The molecule has 15 heavy (non-hydrogen) atoms. The van der Waals surface area contributed by atoms with Crippen molar-refractivity contribution in [3.63, 3.8) is 0 Å². The third-order valence-electron chi connectivity index (χ3n) is 2.60. The molecule has 0 atom stereocenters. The van der Waals surface area contributed by atoms with Crippen LogP contribution >= 0.6 is 0 Å². The van der Waals surface area contributed by atoms with E-state index in [2.05, 4.69) is 11.6 Å². The zero-order chi connectivity index (χ0) is 11.3. The fourth-order valence-corrected chi connectivity index (χ4v) is 2.79. The largest absolute Gasteiger partial charge is 0.279 e.